The first-order valence-corrected chi connectivity index (χ1v) is 9.44. The van der Waals surface area contributed by atoms with Crippen LogP contribution in [-0.4, -0.2) is 45.6 Å². The fraction of sp³-hybridized carbons (Fsp3) is 0.550. The van der Waals surface area contributed by atoms with Crippen LogP contribution in [0, 0.1) is 11.8 Å². The highest BCUT2D eigenvalue weighted by molar-refractivity contribution is 5.41. The Labute approximate surface area is 154 Å². The van der Waals surface area contributed by atoms with Gasteiger partial charge in [-0.25, -0.2) is 9.97 Å². The van der Waals surface area contributed by atoms with Crippen LogP contribution >= 0.6 is 0 Å². The molecular weight excluding hydrogens is 326 g/mol. The molecule has 2 aliphatic rings. The van der Waals surface area contributed by atoms with Gasteiger partial charge in [0, 0.05) is 63.8 Å². The SMILES string of the molecule is CC(C)c1cc(N2CC3CN(Cc4ccc(=O)n(C)c4)CC3C2)ncn1. The first kappa shape index (κ1) is 17.2. The Balaban J connectivity index is 1.39. The molecule has 4 rings (SSSR count). The number of aromatic nitrogens is 3. The lowest BCUT2D eigenvalue weighted by molar-refractivity contribution is 0.308. The Morgan fingerprint density at radius 1 is 1.12 bits per heavy atom. The van der Waals surface area contributed by atoms with Crippen LogP contribution in [0.1, 0.15) is 31.0 Å². The van der Waals surface area contributed by atoms with Crippen molar-refractivity contribution in [3.63, 3.8) is 0 Å². The van der Waals surface area contributed by atoms with Crippen LogP contribution in [0.25, 0.3) is 0 Å². The monoisotopic (exact) mass is 353 g/mol. The highest BCUT2D eigenvalue weighted by atomic mass is 16.1. The Hall–Kier alpha value is -2.21. The molecular formula is C20H27N5O. The van der Waals surface area contributed by atoms with E-state index in [1.165, 1.54) is 5.56 Å². The molecule has 0 radical (unpaired) electrons. The number of rotatable bonds is 4. The van der Waals surface area contributed by atoms with Crippen molar-refractivity contribution in [1.82, 2.24) is 19.4 Å². The molecule has 2 aliphatic heterocycles. The van der Waals surface area contributed by atoms with E-state index in [9.17, 15) is 4.79 Å². The molecule has 0 aliphatic carbocycles. The molecule has 2 unspecified atom stereocenters. The third-order valence-electron chi connectivity index (χ3n) is 5.70. The molecule has 2 aromatic rings. The summed E-state index contributed by atoms with van der Waals surface area (Å²) in [5.41, 5.74) is 2.37. The second kappa shape index (κ2) is 6.83. The van der Waals surface area contributed by atoms with E-state index in [0.717, 1.165) is 44.2 Å². The van der Waals surface area contributed by atoms with Gasteiger partial charge in [-0.15, -0.1) is 0 Å². The standard InChI is InChI=1S/C20H27N5O/c1-14(2)18-6-19(22-13-21-18)25-11-16-9-24(10-17(16)12-25)8-15-4-5-20(26)23(3)7-15/h4-7,13-14,16-17H,8-12H2,1-3H3. The number of aryl methyl sites for hydroxylation is 1. The largest absolute Gasteiger partial charge is 0.356 e. The van der Waals surface area contributed by atoms with Crippen molar-refractivity contribution in [2.45, 2.75) is 26.3 Å². The first-order valence-electron chi connectivity index (χ1n) is 9.44. The van der Waals surface area contributed by atoms with Gasteiger partial charge in [0.1, 0.15) is 12.1 Å². The number of hydrogen-bond acceptors (Lipinski definition) is 5. The Bertz CT molecular complexity index is 832. The van der Waals surface area contributed by atoms with Gasteiger partial charge < -0.3 is 9.47 Å². The van der Waals surface area contributed by atoms with E-state index in [1.54, 1.807) is 17.0 Å². The second-order valence-corrected chi connectivity index (χ2v) is 8.06. The fourth-order valence-electron chi connectivity index (χ4n) is 4.26. The summed E-state index contributed by atoms with van der Waals surface area (Å²) in [4.78, 5) is 25.4. The predicted molar refractivity (Wildman–Crippen MR) is 102 cm³/mol. The smallest absolute Gasteiger partial charge is 0.250 e. The Kier molecular flexibility index (Phi) is 4.53. The summed E-state index contributed by atoms with van der Waals surface area (Å²) < 4.78 is 1.66. The minimum absolute atomic E-state index is 0.0494. The molecule has 6 nitrogen and oxygen atoms in total. The van der Waals surface area contributed by atoms with Gasteiger partial charge >= 0.3 is 0 Å². The predicted octanol–water partition coefficient (Wildman–Crippen LogP) is 1.87. The van der Waals surface area contributed by atoms with Gasteiger partial charge in [0.15, 0.2) is 0 Å². The molecule has 2 aromatic heterocycles. The molecule has 2 atom stereocenters. The minimum atomic E-state index is 0.0494. The lowest BCUT2D eigenvalue weighted by atomic mass is 10.0. The molecule has 26 heavy (non-hydrogen) atoms. The van der Waals surface area contributed by atoms with Gasteiger partial charge in [0.25, 0.3) is 0 Å². The molecule has 138 valence electrons. The van der Waals surface area contributed by atoms with Crippen LogP contribution in [0.5, 0.6) is 0 Å². The molecule has 0 N–H and O–H groups in total. The van der Waals surface area contributed by atoms with Crippen molar-refractivity contribution in [1.29, 1.82) is 0 Å². The highest BCUT2D eigenvalue weighted by Gasteiger charge is 2.40. The topological polar surface area (TPSA) is 54.3 Å². The molecule has 0 amide bonds. The number of nitrogens with zero attached hydrogens (tertiary/aromatic N) is 5. The van der Waals surface area contributed by atoms with E-state index in [4.69, 9.17) is 0 Å². The summed E-state index contributed by atoms with van der Waals surface area (Å²) in [6.45, 7) is 9.64. The summed E-state index contributed by atoms with van der Waals surface area (Å²) in [6.07, 6.45) is 3.65. The number of anilines is 1. The zero-order valence-corrected chi connectivity index (χ0v) is 15.8. The average Bonchev–Trinajstić information content (AvgIpc) is 3.17. The maximum atomic E-state index is 11.5. The van der Waals surface area contributed by atoms with Crippen molar-refractivity contribution >= 4 is 5.82 Å². The maximum Gasteiger partial charge on any atom is 0.250 e. The summed E-state index contributed by atoms with van der Waals surface area (Å²) in [7, 11) is 1.82. The van der Waals surface area contributed by atoms with E-state index in [-0.39, 0.29) is 5.56 Å². The normalized spacial score (nSPS) is 23.0. The zero-order chi connectivity index (χ0) is 18.3. The zero-order valence-electron chi connectivity index (χ0n) is 15.8. The van der Waals surface area contributed by atoms with Crippen molar-refractivity contribution in [2.75, 3.05) is 31.1 Å². The van der Waals surface area contributed by atoms with Gasteiger partial charge in [0.05, 0.1) is 0 Å². The van der Waals surface area contributed by atoms with Gasteiger partial charge in [0.2, 0.25) is 5.56 Å². The minimum Gasteiger partial charge on any atom is -0.356 e. The molecule has 2 saturated heterocycles. The van der Waals surface area contributed by atoms with Gasteiger partial charge in [-0.1, -0.05) is 19.9 Å². The van der Waals surface area contributed by atoms with Crippen molar-refractivity contribution in [3.05, 3.63) is 52.3 Å². The summed E-state index contributed by atoms with van der Waals surface area (Å²) in [5.74, 6) is 2.89. The van der Waals surface area contributed by atoms with Crippen molar-refractivity contribution in [2.24, 2.45) is 18.9 Å². The number of likely N-dealkylation sites (tertiary alicyclic amines) is 1. The molecule has 4 heterocycles. The summed E-state index contributed by atoms with van der Waals surface area (Å²) in [6, 6.07) is 5.76. The van der Waals surface area contributed by atoms with Gasteiger partial charge in [-0.3, -0.25) is 9.69 Å². The average molecular weight is 353 g/mol. The Morgan fingerprint density at radius 3 is 2.50 bits per heavy atom. The van der Waals surface area contributed by atoms with Crippen LogP contribution in [-0.2, 0) is 13.6 Å². The molecule has 6 heteroatoms. The van der Waals surface area contributed by atoms with Crippen LogP contribution in [0.3, 0.4) is 0 Å². The third kappa shape index (κ3) is 3.38. The lowest BCUT2D eigenvalue weighted by Gasteiger charge is -2.23. The van der Waals surface area contributed by atoms with Crippen LogP contribution in [0.2, 0.25) is 0 Å². The third-order valence-corrected chi connectivity index (χ3v) is 5.70. The lowest BCUT2D eigenvalue weighted by Crippen LogP contribution is -2.29. The van der Waals surface area contributed by atoms with Crippen LogP contribution in [0.15, 0.2) is 35.5 Å². The highest BCUT2D eigenvalue weighted by Crippen LogP contribution is 2.34. The summed E-state index contributed by atoms with van der Waals surface area (Å²) >= 11 is 0. The molecule has 0 saturated carbocycles. The first-order chi connectivity index (χ1) is 12.5. The number of pyridine rings is 1. The van der Waals surface area contributed by atoms with E-state index in [2.05, 4.69) is 39.7 Å². The van der Waals surface area contributed by atoms with Crippen LogP contribution < -0.4 is 10.5 Å². The van der Waals surface area contributed by atoms with E-state index in [1.807, 2.05) is 19.3 Å². The van der Waals surface area contributed by atoms with Crippen molar-refractivity contribution in [3.8, 4) is 0 Å². The molecule has 0 spiro atoms. The van der Waals surface area contributed by atoms with E-state index < -0.39 is 0 Å². The molecule has 2 fully saturated rings. The maximum absolute atomic E-state index is 11.5. The Morgan fingerprint density at radius 2 is 1.85 bits per heavy atom. The van der Waals surface area contributed by atoms with E-state index in [0.29, 0.717) is 17.8 Å². The number of hydrogen-bond donors (Lipinski definition) is 0. The van der Waals surface area contributed by atoms with Gasteiger partial charge in [-0.05, 0) is 23.3 Å². The van der Waals surface area contributed by atoms with Crippen LogP contribution in [0.4, 0.5) is 5.82 Å². The fourth-order valence-corrected chi connectivity index (χ4v) is 4.26. The van der Waals surface area contributed by atoms with Gasteiger partial charge in [-0.2, -0.15) is 0 Å². The van der Waals surface area contributed by atoms with Crippen molar-refractivity contribution < 1.29 is 0 Å². The number of fused-ring (bicyclic) bond motifs is 1. The molecule has 0 aromatic carbocycles. The second-order valence-electron chi connectivity index (χ2n) is 8.06. The summed E-state index contributed by atoms with van der Waals surface area (Å²) in [5, 5.41) is 0. The van der Waals surface area contributed by atoms with E-state index >= 15 is 0 Å². The molecule has 0 bridgehead atoms. The quantitative estimate of drug-likeness (QED) is 0.840.